The second-order valence-electron chi connectivity index (χ2n) is 4.49. The van der Waals surface area contributed by atoms with Crippen LogP contribution in [0.5, 0.6) is 0 Å². The molecule has 0 heterocycles. The lowest BCUT2D eigenvalue weighted by atomic mass is 10.1. The molecule has 0 fully saturated rings. The van der Waals surface area contributed by atoms with Crippen LogP contribution in [-0.4, -0.2) is 27.8 Å². The Labute approximate surface area is 132 Å². The third kappa shape index (κ3) is 4.34. The quantitative estimate of drug-likeness (QED) is 0.713. The molecule has 3 N–H and O–H groups in total. The van der Waals surface area contributed by atoms with Gasteiger partial charge in [0.2, 0.25) is 5.91 Å². The number of carbonyl (C=O) groups is 2. The monoisotopic (exact) mass is 317 g/mol. The Balaban J connectivity index is 1.99. The number of aliphatic hydroxyl groups is 1. The average Bonchev–Trinajstić information content (AvgIpc) is 2.54. The van der Waals surface area contributed by atoms with Gasteiger partial charge in [-0.1, -0.05) is 24.3 Å². The van der Waals surface area contributed by atoms with Crippen LogP contribution in [-0.2, 0) is 11.4 Å². The molecular weight excluding hydrogens is 302 g/mol. The van der Waals surface area contributed by atoms with Crippen molar-refractivity contribution in [2.24, 2.45) is 0 Å². The molecule has 0 saturated carbocycles. The number of thioether (sulfide) groups is 1. The Morgan fingerprint density at radius 3 is 2.45 bits per heavy atom. The standard InChI is InChI=1S/C16H15NO4S/c18-9-11-6-7-12(8-14(11)16(20)21)17-15(19)10-22-13-4-2-1-3-5-13/h1-8,18H,9-10H2,(H,17,19)(H,20,21). The first-order valence-electron chi connectivity index (χ1n) is 6.55. The van der Waals surface area contributed by atoms with Crippen LogP contribution in [0.15, 0.2) is 53.4 Å². The fourth-order valence-electron chi connectivity index (χ4n) is 1.85. The number of benzene rings is 2. The molecule has 0 atom stereocenters. The second kappa shape index (κ2) is 7.63. The Kier molecular flexibility index (Phi) is 5.57. The van der Waals surface area contributed by atoms with Gasteiger partial charge in [0.25, 0.3) is 0 Å². The molecule has 2 rings (SSSR count). The third-order valence-corrected chi connectivity index (χ3v) is 3.92. The molecular formula is C16H15NO4S. The van der Waals surface area contributed by atoms with Gasteiger partial charge >= 0.3 is 5.97 Å². The molecule has 1 amide bonds. The smallest absolute Gasteiger partial charge is 0.336 e. The van der Waals surface area contributed by atoms with Crippen LogP contribution >= 0.6 is 11.8 Å². The number of amides is 1. The van der Waals surface area contributed by atoms with E-state index in [0.29, 0.717) is 11.3 Å². The van der Waals surface area contributed by atoms with Crippen LogP contribution in [0.4, 0.5) is 5.69 Å². The van der Waals surface area contributed by atoms with E-state index in [2.05, 4.69) is 5.32 Å². The maximum atomic E-state index is 11.9. The molecule has 0 aliphatic carbocycles. The number of anilines is 1. The minimum Gasteiger partial charge on any atom is -0.478 e. The van der Waals surface area contributed by atoms with E-state index in [1.54, 1.807) is 6.07 Å². The highest BCUT2D eigenvalue weighted by Crippen LogP contribution is 2.19. The fourth-order valence-corrected chi connectivity index (χ4v) is 2.57. The molecule has 22 heavy (non-hydrogen) atoms. The summed E-state index contributed by atoms with van der Waals surface area (Å²) in [6.45, 7) is -0.361. The van der Waals surface area contributed by atoms with Crippen molar-refractivity contribution in [2.45, 2.75) is 11.5 Å². The number of rotatable bonds is 6. The van der Waals surface area contributed by atoms with Crippen LogP contribution in [0, 0.1) is 0 Å². The first kappa shape index (κ1) is 16.1. The van der Waals surface area contributed by atoms with E-state index in [4.69, 9.17) is 10.2 Å². The molecule has 0 unspecified atom stereocenters. The second-order valence-corrected chi connectivity index (χ2v) is 5.53. The predicted octanol–water partition coefficient (Wildman–Crippen LogP) is 2.61. The van der Waals surface area contributed by atoms with Gasteiger partial charge in [-0.25, -0.2) is 4.79 Å². The van der Waals surface area contributed by atoms with Gasteiger partial charge in [0.05, 0.1) is 17.9 Å². The molecule has 2 aromatic rings. The summed E-state index contributed by atoms with van der Waals surface area (Å²) in [4.78, 5) is 24.0. The van der Waals surface area contributed by atoms with E-state index in [-0.39, 0.29) is 23.8 Å². The Bertz CT molecular complexity index is 673. The lowest BCUT2D eigenvalue weighted by Gasteiger charge is -2.08. The lowest BCUT2D eigenvalue weighted by molar-refractivity contribution is -0.113. The Morgan fingerprint density at radius 2 is 1.82 bits per heavy atom. The van der Waals surface area contributed by atoms with Gasteiger partial charge in [-0.05, 0) is 29.8 Å². The van der Waals surface area contributed by atoms with Crippen LogP contribution in [0.25, 0.3) is 0 Å². The SMILES string of the molecule is O=C(CSc1ccccc1)Nc1ccc(CO)c(C(=O)O)c1. The van der Waals surface area contributed by atoms with Gasteiger partial charge in [-0.3, -0.25) is 4.79 Å². The van der Waals surface area contributed by atoms with Crippen molar-refractivity contribution < 1.29 is 19.8 Å². The number of carboxylic acids is 1. The van der Waals surface area contributed by atoms with E-state index in [9.17, 15) is 9.59 Å². The Hall–Kier alpha value is -2.31. The summed E-state index contributed by atoms with van der Waals surface area (Å²) in [5, 5.41) is 20.8. The number of hydrogen-bond donors (Lipinski definition) is 3. The summed E-state index contributed by atoms with van der Waals surface area (Å²) in [5.74, 6) is -1.13. The van der Waals surface area contributed by atoms with Gasteiger partial charge in [-0.2, -0.15) is 0 Å². The highest BCUT2D eigenvalue weighted by molar-refractivity contribution is 8.00. The predicted molar refractivity (Wildman–Crippen MR) is 85.1 cm³/mol. The molecule has 0 aromatic heterocycles. The summed E-state index contributed by atoms with van der Waals surface area (Å²) >= 11 is 1.40. The maximum Gasteiger partial charge on any atom is 0.336 e. The van der Waals surface area contributed by atoms with Crippen molar-refractivity contribution in [3.8, 4) is 0 Å². The fraction of sp³-hybridized carbons (Fsp3) is 0.125. The minimum absolute atomic E-state index is 0.0176. The van der Waals surface area contributed by atoms with Gasteiger partial charge in [0, 0.05) is 10.6 Å². The number of carboxylic acid groups (broad SMARTS) is 1. The lowest BCUT2D eigenvalue weighted by Crippen LogP contribution is -2.15. The number of aliphatic hydroxyl groups excluding tert-OH is 1. The molecule has 0 aliphatic heterocycles. The van der Waals surface area contributed by atoms with Gasteiger partial charge in [0.15, 0.2) is 0 Å². The molecule has 0 saturated heterocycles. The topological polar surface area (TPSA) is 86.6 Å². The van der Waals surface area contributed by atoms with Gasteiger partial charge < -0.3 is 15.5 Å². The van der Waals surface area contributed by atoms with E-state index in [0.717, 1.165) is 4.90 Å². The number of nitrogens with one attached hydrogen (secondary N) is 1. The number of aromatic carboxylic acids is 1. The summed E-state index contributed by atoms with van der Waals surface area (Å²) in [7, 11) is 0. The van der Waals surface area contributed by atoms with Crippen LogP contribution < -0.4 is 5.32 Å². The summed E-state index contributed by atoms with van der Waals surface area (Å²) in [5.41, 5.74) is 0.688. The van der Waals surface area contributed by atoms with E-state index in [1.807, 2.05) is 30.3 Å². The van der Waals surface area contributed by atoms with Gasteiger partial charge in [-0.15, -0.1) is 11.8 Å². The molecule has 114 valence electrons. The Morgan fingerprint density at radius 1 is 1.09 bits per heavy atom. The molecule has 0 spiro atoms. The zero-order chi connectivity index (χ0) is 15.9. The van der Waals surface area contributed by atoms with Crippen molar-refractivity contribution in [1.29, 1.82) is 0 Å². The molecule has 2 aromatic carbocycles. The maximum absolute atomic E-state index is 11.9. The minimum atomic E-state index is -1.14. The number of hydrogen-bond acceptors (Lipinski definition) is 4. The zero-order valence-electron chi connectivity index (χ0n) is 11.7. The van der Waals surface area contributed by atoms with Crippen LogP contribution in [0.1, 0.15) is 15.9 Å². The van der Waals surface area contributed by atoms with Crippen LogP contribution in [0.3, 0.4) is 0 Å². The summed E-state index contributed by atoms with van der Waals surface area (Å²) < 4.78 is 0. The molecule has 0 radical (unpaired) electrons. The number of carbonyl (C=O) groups excluding carboxylic acids is 1. The first-order valence-corrected chi connectivity index (χ1v) is 7.53. The average molecular weight is 317 g/mol. The molecule has 0 bridgehead atoms. The highest BCUT2D eigenvalue weighted by atomic mass is 32.2. The van der Waals surface area contributed by atoms with Crippen molar-refractivity contribution in [3.05, 3.63) is 59.7 Å². The van der Waals surface area contributed by atoms with Crippen molar-refractivity contribution in [3.63, 3.8) is 0 Å². The van der Waals surface area contributed by atoms with Crippen molar-refractivity contribution in [2.75, 3.05) is 11.1 Å². The van der Waals surface area contributed by atoms with E-state index < -0.39 is 5.97 Å². The zero-order valence-corrected chi connectivity index (χ0v) is 12.5. The summed E-state index contributed by atoms with van der Waals surface area (Å²) in [6, 6.07) is 13.9. The van der Waals surface area contributed by atoms with Crippen molar-refractivity contribution >= 4 is 29.3 Å². The normalized spacial score (nSPS) is 10.2. The first-order chi connectivity index (χ1) is 10.6. The summed E-state index contributed by atoms with van der Waals surface area (Å²) in [6.07, 6.45) is 0. The van der Waals surface area contributed by atoms with Crippen molar-refractivity contribution in [1.82, 2.24) is 0 Å². The van der Waals surface area contributed by atoms with E-state index >= 15 is 0 Å². The largest absolute Gasteiger partial charge is 0.478 e. The molecule has 6 heteroatoms. The molecule has 5 nitrogen and oxygen atoms in total. The highest BCUT2D eigenvalue weighted by Gasteiger charge is 2.11. The van der Waals surface area contributed by atoms with Crippen LogP contribution in [0.2, 0.25) is 0 Å². The molecule has 0 aliphatic rings. The van der Waals surface area contributed by atoms with Gasteiger partial charge in [0.1, 0.15) is 0 Å². The van der Waals surface area contributed by atoms with E-state index in [1.165, 1.54) is 23.9 Å². The third-order valence-electron chi connectivity index (χ3n) is 2.91.